The Labute approximate surface area is 169 Å². The molecule has 4 N–H and O–H groups in total. The van der Waals surface area contributed by atoms with Crippen LogP contribution < -0.4 is 10.9 Å². The van der Waals surface area contributed by atoms with Crippen molar-refractivity contribution in [3.05, 3.63) is 87.3 Å². The number of aromatic nitrogens is 2. The number of anilines is 1. The van der Waals surface area contributed by atoms with Gasteiger partial charge >= 0.3 is 0 Å². The number of hydrogen-bond donors (Lipinski definition) is 4. The Morgan fingerprint density at radius 3 is 2.48 bits per heavy atom. The number of H-pyrrole nitrogens is 2. The SMILES string of the molecule is CCc1ccc([C@@H]2c3c([nH][nH]c3=O)C[C@@](C)(O)[C@H]2C(=O)Nc2ccccc2)cc1. The second-order valence-electron chi connectivity index (χ2n) is 7.91. The van der Waals surface area contributed by atoms with Crippen molar-refractivity contribution in [1.82, 2.24) is 10.2 Å². The minimum absolute atomic E-state index is 0.192. The smallest absolute Gasteiger partial charge is 0.267 e. The molecule has 0 fully saturated rings. The molecule has 6 heteroatoms. The lowest BCUT2D eigenvalue weighted by Crippen LogP contribution is -2.51. The predicted octanol–water partition coefficient (Wildman–Crippen LogP) is 2.96. The molecular formula is C23H25N3O3. The van der Waals surface area contributed by atoms with Crippen LogP contribution in [0.2, 0.25) is 0 Å². The van der Waals surface area contributed by atoms with E-state index in [1.165, 1.54) is 5.56 Å². The summed E-state index contributed by atoms with van der Waals surface area (Å²) in [4.78, 5) is 25.9. The van der Waals surface area contributed by atoms with E-state index in [0.717, 1.165) is 12.0 Å². The van der Waals surface area contributed by atoms with Crippen LogP contribution in [-0.4, -0.2) is 26.8 Å². The molecule has 150 valence electrons. The molecule has 0 spiro atoms. The molecule has 1 aliphatic carbocycles. The van der Waals surface area contributed by atoms with Gasteiger partial charge in [-0.05, 0) is 36.6 Å². The summed E-state index contributed by atoms with van der Waals surface area (Å²) in [6.07, 6.45) is 1.09. The number of aliphatic hydroxyl groups is 1. The predicted molar refractivity (Wildman–Crippen MR) is 112 cm³/mol. The fourth-order valence-corrected chi connectivity index (χ4v) is 4.36. The molecule has 1 aromatic heterocycles. The first-order chi connectivity index (χ1) is 13.9. The van der Waals surface area contributed by atoms with Gasteiger partial charge in [-0.15, -0.1) is 0 Å². The number of benzene rings is 2. The number of aryl methyl sites for hydroxylation is 1. The van der Waals surface area contributed by atoms with Crippen molar-refractivity contribution in [3.63, 3.8) is 0 Å². The Morgan fingerprint density at radius 2 is 1.83 bits per heavy atom. The lowest BCUT2D eigenvalue weighted by atomic mass is 9.66. The number of amides is 1. The van der Waals surface area contributed by atoms with Crippen LogP contribution in [0.15, 0.2) is 59.4 Å². The third-order valence-corrected chi connectivity index (χ3v) is 5.82. The fourth-order valence-electron chi connectivity index (χ4n) is 4.36. The minimum atomic E-state index is -1.33. The molecule has 0 saturated heterocycles. The van der Waals surface area contributed by atoms with Gasteiger partial charge in [0, 0.05) is 29.3 Å². The molecule has 3 atom stereocenters. The van der Waals surface area contributed by atoms with E-state index in [1.54, 1.807) is 19.1 Å². The molecule has 1 amide bonds. The first kappa shape index (κ1) is 19.2. The van der Waals surface area contributed by atoms with E-state index in [9.17, 15) is 14.7 Å². The Hall–Kier alpha value is -3.12. The summed E-state index contributed by atoms with van der Waals surface area (Å²) in [5, 5.41) is 19.7. The lowest BCUT2D eigenvalue weighted by Gasteiger charge is -2.41. The Kier molecular flexibility index (Phi) is 4.88. The maximum atomic E-state index is 13.3. The van der Waals surface area contributed by atoms with Crippen LogP contribution in [0.3, 0.4) is 0 Å². The third-order valence-electron chi connectivity index (χ3n) is 5.82. The monoisotopic (exact) mass is 391 g/mol. The quantitative estimate of drug-likeness (QED) is 0.550. The first-order valence-electron chi connectivity index (χ1n) is 9.87. The van der Waals surface area contributed by atoms with Crippen LogP contribution in [0.25, 0.3) is 0 Å². The lowest BCUT2D eigenvalue weighted by molar-refractivity contribution is -0.130. The molecule has 0 bridgehead atoms. The Morgan fingerprint density at radius 1 is 1.14 bits per heavy atom. The van der Waals surface area contributed by atoms with Crippen LogP contribution in [0.1, 0.15) is 42.1 Å². The van der Waals surface area contributed by atoms with Gasteiger partial charge in [-0.1, -0.05) is 49.4 Å². The highest BCUT2D eigenvalue weighted by Crippen LogP contribution is 2.44. The summed E-state index contributed by atoms with van der Waals surface area (Å²) < 4.78 is 0. The van der Waals surface area contributed by atoms with Gasteiger partial charge in [0.05, 0.1) is 11.5 Å². The molecule has 0 unspecified atom stereocenters. The van der Waals surface area contributed by atoms with E-state index < -0.39 is 17.4 Å². The van der Waals surface area contributed by atoms with Gasteiger partial charge in [-0.3, -0.25) is 14.7 Å². The van der Waals surface area contributed by atoms with Crippen molar-refractivity contribution >= 4 is 11.6 Å². The van der Waals surface area contributed by atoms with Crippen LogP contribution in [0, 0.1) is 5.92 Å². The molecule has 1 heterocycles. The topological polar surface area (TPSA) is 98.0 Å². The first-order valence-corrected chi connectivity index (χ1v) is 9.87. The molecule has 4 rings (SSSR count). The number of nitrogens with one attached hydrogen (secondary N) is 3. The van der Waals surface area contributed by atoms with Gasteiger partial charge in [0.15, 0.2) is 0 Å². The third kappa shape index (κ3) is 3.51. The Bertz CT molecular complexity index is 1060. The van der Waals surface area contributed by atoms with Crippen LogP contribution >= 0.6 is 0 Å². The average Bonchev–Trinajstić information content (AvgIpc) is 3.06. The molecule has 6 nitrogen and oxygen atoms in total. The average molecular weight is 391 g/mol. The molecule has 0 radical (unpaired) electrons. The molecule has 1 aliphatic rings. The van der Waals surface area contributed by atoms with E-state index in [0.29, 0.717) is 16.9 Å². The second kappa shape index (κ2) is 7.37. The summed E-state index contributed by atoms with van der Waals surface area (Å²) >= 11 is 0. The van der Waals surface area contributed by atoms with E-state index in [-0.39, 0.29) is 17.9 Å². The number of aromatic amines is 2. The molecule has 29 heavy (non-hydrogen) atoms. The van der Waals surface area contributed by atoms with Crippen molar-refractivity contribution in [2.75, 3.05) is 5.32 Å². The van der Waals surface area contributed by atoms with Gasteiger partial charge in [-0.2, -0.15) is 0 Å². The van der Waals surface area contributed by atoms with Gasteiger partial charge in [0.2, 0.25) is 5.91 Å². The van der Waals surface area contributed by atoms with Crippen LogP contribution in [-0.2, 0) is 17.6 Å². The maximum Gasteiger partial charge on any atom is 0.267 e. The summed E-state index contributed by atoms with van der Waals surface area (Å²) in [6.45, 7) is 3.73. The van der Waals surface area contributed by atoms with E-state index in [2.05, 4.69) is 22.4 Å². The van der Waals surface area contributed by atoms with Crippen molar-refractivity contribution in [3.8, 4) is 0 Å². The van der Waals surface area contributed by atoms with E-state index >= 15 is 0 Å². The second-order valence-corrected chi connectivity index (χ2v) is 7.91. The largest absolute Gasteiger partial charge is 0.389 e. The summed E-state index contributed by atoms with van der Waals surface area (Å²) in [5.74, 6) is -1.69. The van der Waals surface area contributed by atoms with Crippen molar-refractivity contribution in [2.45, 2.75) is 38.2 Å². The standard InChI is InChI=1S/C23H25N3O3/c1-3-14-9-11-15(12-10-14)18-19-17(25-26-21(19)27)13-23(2,29)20(18)22(28)24-16-7-5-4-6-8-16/h4-12,18,20,29H,3,13H2,1-2H3,(H,24,28)(H2,25,26,27)/t18-,20-,23-/m1/s1. The van der Waals surface area contributed by atoms with E-state index in [4.69, 9.17) is 0 Å². The van der Waals surface area contributed by atoms with Crippen molar-refractivity contribution in [2.24, 2.45) is 5.92 Å². The Balaban J connectivity index is 1.81. The van der Waals surface area contributed by atoms with Crippen LogP contribution in [0.5, 0.6) is 0 Å². The van der Waals surface area contributed by atoms with Crippen molar-refractivity contribution in [1.29, 1.82) is 0 Å². The highest BCUT2D eigenvalue weighted by Gasteiger charge is 2.50. The summed E-state index contributed by atoms with van der Waals surface area (Å²) in [7, 11) is 0. The van der Waals surface area contributed by atoms with Crippen LogP contribution in [0.4, 0.5) is 5.69 Å². The van der Waals surface area contributed by atoms with Gasteiger partial charge < -0.3 is 15.5 Å². The van der Waals surface area contributed by atoms with Crippen molar-refractivity contribution < 1.29 is 9.90 Å². The van der Waals surface area contributed by atoms with Gasteiger partial charge in [-0.25, -0.2) is 0 Å². The molecule has 3 aromatic rings. The normalized spacial score (nSPS) is 23.4. The zero-order valence-electron chi connectivity index (χ0n) is 16.5. The number of para-hydroxylation sites is 1. The molecule has 0 saturated carbocycles. The van der Waals surface area contributed by atoms with E-state index in [1.807, 2.05) is 42.5 Å². The zero-order valence-corrected chi connectivity index (χ0v) is 16.5. The number of fused-ring (bicyclic) bond motifs is 1. The zero-order chi connectivity index (χ0) is 20.6. The maximum absolute atomic E-state index is 13.3. The van der Waals surface area contributed by atoms with Gasteiger partial charge in [0.1, 0.15) is 0 Å². The summed E-state index contributed by atoms with van der Waals surface area (Å²) in [5.41, 5.74) is 2.25. The number of hydrogen-bond acceptors (Lipinski definition) is 3. The molecule has 2 aromatic carbocycles. The highest BCUT2D eigenvalue weighted by molar-refractivity contribution is 5.94. The summed E-state index contributed by atoms with van der Waals surface area (Å²) in [6, 6.07) is 17.1. The number of carbonyl (C=O) groups is 1. The number of rotatable bonds is 4. The molecule has 0 aliphatic heterocycles. The fraction of sp³-hybridized carbons (Fsp3) is 0.304. The minimum Gasteiger partial charge on any atom is -0.389 e. The number of carbonyl (C=O) groups excluding carboxylic acids is 1. The highest BCUT2D eigenvalue weighted by atomic mass is 16.3. The molecular weight excluding hydrogens is 366 g/mol. The van der Waals surface area contributed by atoms with Gasteiger partial charge in [0.25, 0.3) is 5.56 Å².